The highest BCUT2D eigenvalue weighted by Gasteiger charge is 2.34. The normalized spacial score (nSPS) is 20.1. The molecule has 3 heterocycles. The molecule has 1 unspecified atom stereocenters. The van der Waals surface area contributed by atoms with Gasteiger partial charge in [-0.2, -0.15) is 4.31 Å². The summed E-state index contributed by atoms with van der Waals surface area (Å²) in [5.74, 6) is -0.725. The molecule has 2 N–H and O–H groups in total. The van der Waals surface area contributed by atoms with Gasteiger partial charge >= 0.3 is 0 Å². The van der Waals surface area contributed by atoms with Gasteiger partial charge in [0, 0.05) is 36.7 Å². The van der Waals surface area contributed by atoms with Crippen LogP contribution in [0.5, 0.6) is 0 Å². The topological polar surface area (TPSA) is 98.8 Å². The lowest BCUT2D eigenvalue weighted by atomic mass is 9.98. The molecule has 2 aliphatic rings. The van der Waals surface area contributed by atoms with E-state index in [9.17, 15) is 18.0 Å². The molecule has 1 atom stereocenters. The SMILES string of the molecule is Cc1ccc(S(=O)(=O)N2CCCC(C(=O)Nc3ccc(N4CCNC(=O)C4)c(Cl)c3)C2)s1. The van der Waals surface area contributed by atoms with Crippen molar-refractivity contribution in [2.24, 2.45) is 5.92 Å². The molecular weight excluding hydrogens is 472 g/mol. The third-order valence-electron chi connectivity index (χ3n) is 5.66. The number of carbonyl (C=O) groups excluding carboxylic acids is 2. The molecule has 172 valence electrons. The first-order valence-electron chi connectivity index (χ1n) is 10.4. The Morgan fingerprint density at radius 1 is 1.25 bits per heavy atom. The second-order valence-electron chi connectivity index (χ2n) is 7.99. The van der Waals surface area contributed by atoms with Gasteiger partial charge in [0.25, 0.3) is 10.0 Å². The van der Waals surface area contributed by atoms with Crippen molar-refractivity contribution >= 4 is 56.2 Å². The molecule has 32 heavy (non-hydrogen) atoms. The zero-order chi connectivity index (χ0) is 22.9. The van der Waals surface area contributed by atoms with Gasteiger partial charge in [0.05, 0.1) is 23.2 Å². The van der Waals surface area contributed by atoms with Crippen LogP contribution in [0.3, 0.4) is 0 Å². The number of thiophene rings is 1. The molecule has 0 spiro atoms. The summed E-state index contributed by atoms with van der Waals surface area (Å²) in [7, 11) is -3.60. The number of anilines is 2. The Balaban J connectivity index is 1.42. The van der Waals surface area contributed by atoms with E-state index in [1.807, 2.05) is 11.8 Å². The number of hydrogen-bond donors (Lipinski definition) is 2. The third-order valence-corrected chi connectivity index (χ3v) is 9.29. The monoisotopic (exact) mass is 496 g/mol. The molecule has 2 fully saturated rings. The number of aryl methyl sites for hydroxylation is 1. The molecule has 8 nitrogen and oxygen atoms in total. The van der Waals surface area contributed by atoms with E-state index in [-0.39, 0.29) is 24.9 Å². The van der Waals surface area contributed by atoms with Crippen molar-refractivity contribution in [1.29, 1.82) is 0 Å². The molecule has 2 aromatic rings. The van der Waals surface area contributed by atoms with E-state index in [0.29, 0.717) is 47.4 Å². The maximum Gasteiger partial charge on any atom is 0.252 e. The predicted molar refractivity (Wildman–Crippen MR) is 126 cm³/mol. The minimum Gasteiger partial charge on any atom is -0.359 e. The van der Waals surface area contributed by atoms with Crippen LogP contribution in [-0.4, -0.2) is 57.3 Å². The smallest absolute Gasteiger partial charge is 0.252 e. The van der Waals surface area contributed by atoms with E-state index in [1.54, 1.807) is 30.3 Å². The number of rotatable bonds is 5. The van der Waals surface area contributed by atoms with Gasteiger partial charge in [-0.05, 0) is 50.1 Å². The summed E-state index contributed by atoms with van der Waals surface area (Å²) in [5.41, 5.74) is 1.28. The number of nitrogens with zero attached hydrogens (tertiary/aromatic N) is 2. The van der Waals surface area contributed by atoms with Crippen molar-refractivity contribution in [1.82, 2.24) is 9.62 Å². The van der Waals surface area contributed by atoms with Crippen LogP contribution in [0.25, 0.3) is 0 Å². The standard InChI is InChI=1S/C21H25ClN4O4S2/c1-14-4-7-20(31-14)32(29,30)26-9-2-3-15(12-26)21(28)24-16-5-6-18(17(22)11-16)25-10-8-23-19(27)13-25/h4-7,11,15H,2-3,8-10,12-13H2,1H3,(H,23,27)(H,24,28). The van der Waals surface area contributed by atoms with Crippen LogP contribution in [0, 0.1) is 12.8 Å². The lowest BCUT2D eigenvalue weighted by Crippen LogP contribution is -2.47. The maximum absolute atomic E-state index is 12.9. The minimum atomic E-state index is -3.60. The van der Waals surface area contributed by atoms with E-state index in [1.165, 1.54) is 15.6 Å². The lowest BCUT2D eigenvalue weighted by Gasteiger charge is -2.31. The highest BCUT2D eigenvalue weighted by Crippen LogP contribution is 2.31. The summed E-state index contributed by atoms with van der Waals surface area (Å²) in [6, 6.07) is 8.60. The zero-order valence-corrected chi connectivity index (χ0v) is 20.0. The molecule has 0 bridgehead atoms. The van der Waals surface area contributed by atoms with E-state index in [2.05, 4.69) is 10.6 Å². The van der Waals surface area contributed by atoms with E-state index >= 15 is 0 Å². The van der Waals surface area contributed by atoms with Crippen LogP contribution in [0.1, 0.15) is 17.7 Å². The highest BCUT2D eigenvalue weighted by molar-refractivity contribution is 7.91. The van der Waals surface area contributed by atoms with Gasteiger partial charge in [-0.1, -0.05) is 11.6 Å². The van der Waals surface area contributed by atoms with Crippen molar-refractivity contribution in [2.75, 3.05) is 42.9 Å². The van der Waals surface area contributed by atoms with Crippen molar-refractivity contribution in [3.05, 3.63) is 40.2 Å². The average Bonchev–Trinajstić information content (AvgIpc) is 3.21. The second-order valence-corrected chi connectivity index (χ2v) is 11.9. The Morgan fingerprint density at radius 2 is 2.06 bits per heavy atom. The van der Waals surface area contributed by atoms with Crippen molar-refractivity contribution in [2.45, 2.75) is 24.0 Å². The quantitative estimate of drug-likeness (QED) is 0.663. The van der Waals surface area contributed by atoms with Crippen molar-refractivity contribution in [3.8, 4) is 0 Å². The van der Waals surface area contributed by atoms with Gasteiger partial charge in [0.1, 0.15) is 4.21 Å². The third kappa shape index (κ3) is 4.93. The molecule has 0 radical (unpaired) electrons. The van der Waals surface area contributed by atoms with Gasteiger partial charge in [-0.3, -0.25) is 9.59 Å². The molecule has 2 amide bonds. The summed E-state index contributed by atoms with van der Waals surface area (Å²) < 4.78 is 27.6. The summed E-state index contributed by atoms with van der Waals surface area (Å²) in [6.45, 7) is 3.88. The average molecular weight is 497 g/mol. The number of carbonyl (C=O) groups is 2. The van der Waals surface area contributed by atoms with Crippen molar-refractivity contribution < 1.29 is 18.0 Å². The van der Waals surface area contributed by atoms with Crippen LogP contribution in [0.15, 0.2) is 34.5 Å². The van der Waals surface area contributed by atoms with Gasteiger partial charge in [0.15, 0.2) is 0 Å². The first kappa shape index (κ1) is 23.0. The first-order chi connectivity index (χ1) is 15.2. The Kier molecular flexibility index (Phi) is 6.75. The van der Waals surface area contributed by atoms with Crippen LogP contribution in [0.4, 0.5) is 11.4 Å². The number of piperidine rings is 1. The Bertz CT molecular complexity index is 1130. The number of halogens is 1. The Hall–Kier alpha value is -2.14. The molecule has 4 rings (SSSR count). The lowest BCUT2D eigenvalue weighted by molar-refractivity contribution is -0.121. The Morgan fingerprint density at radius 3 is 2.75 bits per heavy atom. The van der Waals surface area contributed by atoms with E-state index in [4.69, 9.17) is 11.6 Å². The second kappa shape index (κ2) is 9.38. The van der Waals surface area contributed by atoms with Crippen LogP contribution < -0.4 is 15.5 Å². The summed E-state index contributed by atoms with van der Waals surface area (Å²) in [5, 5.41) is 6.08. The molecule has 11 heteroatoms. The first-order valence-corrected chi connectivity index (χ1v) is 13.1. The molecule has 1 aromatic heterocycles. The van der Waals surface area contributed by atoms with Crippen molar-refractivity contribution in [3.63, 3.8) is 0 Å². The van der Waals surface area contributed by atoms with Gasteiger partial charge in [-0.15, -0.1) is 11.3 Å². The summed E-state index contributed by atoms with van der Waals surface area (Å²) >= 11 is 7.66. The summed E-state index contributed by atoms with van der Waals surface area (Å²) in [6.07, 6.45) is 1.24. The predicted octanol–water partition coefficient (Wildman–Crippen LogP) is 2.69. The fraction of sp³-hybridized carbons (Fsp3) is 0.429. The highest BCUT2D eigenvalue weighted by atomic mass is 35.5. The summed E-state index contributed by atoms with van der Waals surface area (Å²) in [4.78, 5) is 27.3. The van der Waals surface area contributed by atoms with Crippen LogP contribution in [0.2, 0.25) is 5.02 Å². The fourth-order valence-electron chi connectivity index (χ4n) is 3.98. The molecular formula is C21H25ClN4O4S2. The van der Waals surface area contributed by atoms with Gasteiger partial charge < -0.3 is 15.5 Å². The number of sulfonamides is 1. The molecule has 2 aliphatic heterocycles. The number of benzene rings is 1. The fourth-order valence-corrected chi connectivity index (χ4v) is 7.24. The maximum atomic E-state index is 12.9. The molecule has 0 saturated carbocycles. The number of hydrogen-bond acceptors (Lipinski definition) is 6. The van der Waals surface area contributed by atoms with E-state index < -0.39 is 15.9 Å². The van der Waals surface area contributed by atoms with E-state index in [0.717, 1.165) is 10.6 Å². The number of nitrogens with one attached hydrogen (secondary N) is 2. The molecule has 0 aliphatic carbocycles. The molecule has 2 saturated heterocycles. The van der Waals surface area contributed by atoms with Gasteiger partial charge in [-0.25, -0.2) is 8.42 Å². The van der Waals surface area contributed by atoms with Crippen LogP contribution >= 0.6 is 22.9 Å². The van der Waals surface area contributed by atoms with Gasteiger partial charge in [0.2, 0.25) is 11.8 Å². The molecule has 1 aromatic carbocycles. The Labute approximate surface area is 196 Å². The number of piperazine rings is 1. The zero-order valence-electron chi connectivity index (χ0n) is 17.6. The minimum absolute atomic E-state index is 0.0563. The number of amides is 2. The largest absolute Gasteiger partial charge is 0.359 e. The van der Waals surface area contributed by atoms with Crippen LogP contribution in [-0.2, 0) is 19.6 Å².